The zero-order valence-corrected chi connectivity index (χ0v) is 20.8. The molecule has 0 fully saturated rings. The van der Waals surface area contributed by atoms with Gasteiger partial charge in [0.15, 0.2) is 11.5 Å². The molecule has 0 amide bonds. The van der Waals surface area contributed by atoms with Gasteiger partial charge in [0.25, 0.3) is 0 Å². The zero-order chi connectivity index (χ0) is 24.8. The molecule has 4 aromatic rings. The van der Waals surface area contributed by atoms with Crippen LogP contribution in [0.2, 0.25) is 0 Å². The lowest BCUT2D eigenvalue weighted by atomic mass is 10.1. The molecular formula is C27H28N2O5S. The Morgan fingerprint density at radius 2 is 1.54 bits per heavy atom. The predicted octanol–water partition coefficient (Wildman–Crippen LogP) is 5.30. The molecule has 0 atom stereocenters. The van der Waals surface area contributed by atoms with E-state index in [-0.39, 0.29) is 4.90 Å². The molecule has 7 nitrogen and oxygen atoms in total. The molecule has 35 heavy (non-hydrogen) atoms. The van der Waals surface area contributed by atoms with Crippen molar-refractivity contribution in [2.75, 3.05) is 27.8 Å². The second-order valence-corrected chi connectivity index (χ2v) is 10.1. The van der Waals surface area contributed by atoms with Crippen LogP contribution in [-0.4, -0.2) is 45.5 Å². The molecule has 0 saturated heterocycles. The second-order valence-electron chi connectivity index (χ2n) is 8.02. The molecule has 1 heterocycles. The molecule has 0 saturated carbocycles. The van der Waals surface area contributed by atoms with Crippen molar-refractivity contribution in [1.82, 2.24) is 9.29 Å². The number of hydrogen-bond acceptors (Lipinski definition) is 6. The first kappa shape index (κ1) is 24.5. The Kier molecular flexibility index (Phi) is 7.53. The summed E-state index contributed by atoms with van der Waals surface area (Å²) in [4.78, 5) is 4.60. The highest BCUT2D eigenvalue weighted by molar-refractivity contribution is 7.89. The van der Waals surface area contributed by atoms with Crippen molar-refractivity contribution in [2.45, 2.75) is 17.7 Å². The summed E-state index contributed by atoms with van der Waals surface area (Å²) in [5.41, 5.74) is 1.89. The first-order valence-corrected chi connectivity index (χ1v) is 12.7. The normalized spacial score (nSPS) is 11.5. The van der Waals surface area contributed by atoms with Crippen LogP contribution in [0.1, 0.15) is 12.0 Å². The van der Waals surface area contributed by atoms with Gasteiger partial charge in [0.05, 0.1) is 24.6 Å². The minimum atomic E-state index is -3.60. The summed E-state index contributed by atoms with van der Waals surface area (Å²) < 4.78 is 44.2. The Bertz CT molecular complexity index is 1390. The van der Waals surface area contributed by atoms with Crippen LogP contribution in [0, 0.1) is 0 Å². The molecule has 4 rings (SSSR count). The minimum absolute atomic E-state index is 0.220. The van der Waals surface area contributed by atoms with Crippen molar-refractivity contribution in [2.24, 2.45) is 0 Å². The van der Waals surface area contributed by atoms with E-state index in [0.717, 1.165) is 18.2 Å². The van der Waals surface area contributed by atoms with Gasteiger partial charge < -0.3 is 14.2 Å². The number of rotatable bonds is 10. The van der Waals surface area contributed by atoms with E-state index in [1.807, 2.05) is 30.3 Å². The standard InChI is InChI=1S/C27H28N2O5S/c1-29(17-7-10-20-8-5-4-6-9-20)35(30,31)22-13-11-21(12-14-22)34-25-15-16-28-24-19-27(33-3)26(32-2)18-23(24)25/h4-6,8-9,11-16,18-19H,7,10,17H2,1-3H3. The number of aromatic nitrogens is 1. The lowest BCUT2D eigenvalue weighted by Crippen LogP contribution is -2.28. The monoisotopic (exact) mass is 492 g/mol. The van der Waals surface area contributed by atoms with Gasteiger partial charge in [-0.2, -0.15) is 0 Å². The lowest BCUT2D eigenvalue weighted by molar-refractivity contribution is 0.355. The number of nitrogens with zero attached hydrogens (tertiary/aromatic N) is 2. The quantitative estimate of drug-likeness (QED) is 0.299. The summed E-state index contributed by atoms with van der Waals surface area (Å²) in [6.45, 7) is 0.434. The number of hydrogen-bond donors (Lipinski definition) is 0. The van der Waals surface area contributed by atoms with Crippen LogP contribution in [0.5, 0.6) is 23.0 Å². The van der Waals surface area contributed by atoms with E-state index in [1.165, 1.54) is 9.87 Å². The van der Waals surface area contributed by atoms with Crippen LogP contribution in [0.15, 0.2) is 83.9 Å². The number of fused-ring (bicyclic) bond motifs is 1. The lowest BCUT2D eigenvalue weighted by Gasteiger charge is -2.17. The SMILES string of the molecule is COc1cc2nccc(Oc3ccc(S(=O)(=O)N(C)CCCc4ccccc4)cc3)c2cc1OC. The largest absolute Gasteiger partial charge is 0.493 e. The van der Waals surface area contributed by atoms with Crippen molar-refractivity contribution in [3.8, 4) is 23.0 Å². The molecule has 0 spiro atoms. The Labute approximate surface area is 205 Å². The number of aryl methyl sites for hydroxylation is 1. The Morgan fingerprint density at radius 3 is 2.23 bits per heavy atom. The molecule has 0 unspecified atom stereocenters. The fraction of sp³-hybridized carbons (Fsp3) is 0.222. The van der Waals surface area contributed by atoms with E-state index in [2.05, 4.69) is 4.98 Å². The Balaban J connectivity index is 1.47. The van der Waals surface area contributed by atoms with E-state index in [4.69, 9.17) is 14.2 Å². The highest BCUT2D eigenvalue weighted by Crippen LogP contribution is 2.37. The van der Waals surface area contributed by atoms with Gasteiger partial charge in [-0.25, -0.2) is 12.7 Å². The maximum absolute atomic E-state index is 13.0. The molecule has 0 N–H and O–H groups in total. The van der Waals surface area contributed by atoms with Gasteiger partial charge in [-0.3, -0.25) is 4.98 Å². The van der Waals surface area contributed by atoms with Crippen molar-refractivity contribution in [3.63, 3.8) is 0 Å². The van der Waals surface area contributed by atoms with E-state index in [0.29, 0.717) is 35.1 Å². The van der Waals surface area contributed by atoms with Crippen molar-refractivity contribution < 1.29 is 22.6 Å². The first-order valence-electron chi connectivity index (χ1n) is 11.2. The van der Waals surface area contributed by atoms with Gasteiger partial charge in [-0.15, -0.1) is 0 Å². The minimum Gasteiger partial charge on any atom is -0.493 e. The Hall–Kier alpha value is -3.62. The van der Waals surface area contributed by atoms with Crippen molar-refractivity contribution in [3.05, 3.63) is 84.6 Å². The molecule has 8 heteroatoms. The summed E-state index contributed by atoms with van der Waals surface area (Å²) in [6.07, 6.45) is 3.21. The summed E-state index contributed by atoms with van der Waals surface area (Å²) in [5, 5.41) is 0.750. The van der Waals surface area contributed by atoms with Crippen molar-refractivity contribution in [1.29, 1.82) is 0 Å². The third kappa shape index (κ3) is 5.55. The zero-order valence-electron chi connectivity index (χ0n) is 20.0. The van der Waals surface area contributed by atoms with Crippen LogP contribution in [0.3, 0.4) is 0 Å². The van der Waals surface area contributed by atoms with Gasteiger partial charge in [-0.1, -0.05) is 30.3 Å². The summed E-state index contributed by atoms with van der Waals surface area (Å²) in [6, 6.07) is 21.8. The maximum Gasteiger partial charge on any atom is 0.242 e. The van der Waals surface area contributed by atoms with Gasteiger partial charge in [0, 0.05) is 31.2 Å². The molecule has 3 aromatic carbocycles. The third-order valence-electron chi connectivity index (χ3n) is 5.75. The summed E-state index contributed by atoms with van der Waals surface area (Å²) >= 11 is 0. The predicted molar refractivity (Wildman–Crippen MR) is 136 cm³/mol. The van der Waals surface area contributed by atoms with E-state index in [9.17, 15) is 8.42 Å². The summed E-state index contributed by atoms with van der Waals surface area (Å²) in [5.74, 6) is 2.23. The number of benzene rings is 3. The third-order valence-corrected chi connectivity index (χ3v) is 7.62. The fourth-order valence-corrected chi connectivity index (χ4v) is 5.00. The molecule has 1 aromatic heterocycles. The smallest absolute Gasteiger partial charge is 0.242 e. The van der Waals surface area contributed by atoms with E-state index < -0.39 is 10.0 Å². The molecule has 182 valence electrons. The van der Waals surface area contributed by atoms with Crippen molar-refractivity contribution >= 4 is 20.9 Å². The number of sulfonamides is 1. The molecular weight excluding hydrogens is 464 g/mol. The van der Waals surface area contributed by atoms with Gasteiger partial charge >= 0.3 is 0 Å². The summed E-state index contributed by atoms with van der Waals surface area (Å²) in [7, 11) is 1.15. The van der Waals surface area contributed by atoms with Crippen LogP contribution in [0.25, 0.3) is 10.9 Å². The molecule has 0 aliphatic rings. The number of methoxy groups -OCH3 is 2. The van der Waals surface area contributed by atoms with Gasteiger partial charge in [-0.05, 0) is 54.8 Å². The van der Waals surface area contributed by atoms with Crippen LogP contribution < -0.4 is 14.2 Å². The van der Waals surface area contributed by atoms with E-state index >= 15 is 0 Å². The topological polar surface area (TPSA) is 78.0 Å². The van der Waals surface area contributed by atoms with Crippen LogP contribution in [-0.2, 0) is 16.4 Å². The molecule has 0 bridgehead atoms. The van der Waals surface area contributed by atoms with E-state index in [1.54, 1.807) is 69.9 Å². The Morgan fingerprint density at radius 1 is 0.857 bits per heavy atom. The average molecular weight is 493 g/mol. The molecule has 0 aliphatic carbocycles. The number of ether oxygens (including phenoxy) is 3. The fourth-order valence-electron chi connectivity index (χ4n) is 3.79. The van der Waals surface area contributed by atoms with Crippen LogP contribution in [0.4, 0.5) is 0 Å². The molecule has 0 aliphatic heterocycles. The van der Waals surface area contributed by atoms with Crippen LogP contribution >= 0.6 is 0 Å². The highest BCUT2D eigenvalue weighted by atomic mass is 32.2. The average Bonchev–Trinajstić information content (AvgIpc) is 2.89. The number of pyridine rings is 1. The molecule has 0 radical (unpaired) electrons. The van der Waals surface area contributed by atoms with Gasteiger partial charge in [0.2, 0.25) is 10.0 Å². The maximum atomic E-state index is 13.0. The second kappa shape index (κ2) is 10.8. The first-order chi connectivity index (χ1) is 16.9. The van der Waals surface area contributed by atoms with Gasteiger partial charge in [0.1, 0.15) is 11.5 Å². The highest BCUT2D eigenvalue weighted by Gasteiger charge is 2.20.